The zero-order chi connectivity index (χ0) is 0. The van der Waals surface area contributed by atoms with E-state index in [2.05, 4.69) is 0 Å². The van der Waals surface area contributed by atoms with Gasteiger partial charge in [-0.25, -0.2) is 0 Å². The minimum absolute atomic E-state index is 0. The third-order valence-corrected chi connectivity index (χ3v) is 0. The second kappa shape index (κ2) is 25.2. The molecule has 0 aliphatic heterocycles. The predicted molar refractivity (Wildman–Crippen MR) is 41.2 cm³/mol. The molecule has 0 unspecified atom stereocenters. The van der Waals surface area contributed by atoms with E-state index in [9.17, 15) is 0 Å². The Hall–Kier alpha value is 1.45. The van der Waals surface area contributed by atoms with E-state index >= 15 is 0 Å². The summed E-state index contributed by atoms with van der Waals surface area (Å²) in [5.41, 5.74) is 0. The molecule has 0 aromatic heterocycles. The minimum atomic E-state index is 0. The molecule has 0 heterocycles. The zero-order valence-electron chi connectivity index (χ0n) is 0. The maximum Gasteiger partial charge on any atom is -0.0149 e. The monoisotopic (exact) mass is 148 g/mol. The summed E-state index contributed by atoms with van der Waals surface area (Å²) in [6, 6.07) is 0. The van der Waals surface area contributed by atoms with Gasteiger partial charge in [0.15, 0.2) is 17.4 Å². The third kappa shape index (κ3) is 9.85. The van der Waals surface area contributed by atoms with Crippen molar-refractivity contribution >= 4 is 56.5 Å². The summed E-state index contributed by atoms with van der Waals surface area (Å²) < 4.78 is 0. The smallest absolute Gasteiger partial charge is 0.0149 e. The Labute approximate surface area is 56.5 Å². The Morgan fingerprint density at radius 1 is 1.00 bits per heavy atom. The van der Waals surface area contributed by atoms with Crippen molar-refractivity contribution in [1.29, 1.82) is 0 Å². The molecule has 0 aromatic carbocycles. The van der Waals surface area contributed by atoms with Gasteiger partial charge in [-0.05, 0) is 11.0 Å². The fraction of sp³-hybridized carbons (Fsp3) is 0. The van der Waals surface area contributed by atoms with Crippen molar-refractivity contribution in [2.45, 2.75) is 0 Å². The van der Waals surface area contributed by atoms with Crippen LogP contribution in [0.5, 0.6) is 0 Å². The van der Waals surface area contributed by atoms with Crippen LogP contribution in [-0.4, -0.2) is 56.5 Å². The van der Waals surface area contributed by atoms with Gasteiger partial charge in [0.25, 0.3) is 0 Å². The third-order valence-electron chi connectivity index (χ3n) is 0. The van der Waals surface area contributed by atoms with E-state index in [1.165, 1.54) is 0 Å². The summed E-state index contributed by atoms with van der Waals surface area (Å²) in [6.07, 6.45) is 0. The number of rotatable bonds is 0. The van der Waals surface area contributed by atoms with Gasteiger partial charge < -0.3 is 0 Å². The molecule has 0 saturated heterocycles. The van der Waals surface area contributed by atoms with E-state index in [0.717, 1.165) is 0 Å². The summed E-state index contributed by atoms with van der Waals surface area (Å²) in [4.78, 5) is 0. The SMILES string of the molecule is B.[AlH3].[GaH3].[SiH4]. The van der Waals surface area contributed by atoms with Crippen molar-refractivity contribution in [3.8, 4) is 0 Å². The fourth-order valence-electron chi connectivity index (χ4n) is 0. The largest absolute Gasteiger partial charge is 0.0149 e. The van der Waals surface area contributed by atoms with Crippen LogP contribution in [0.15, 0.2) is 0 Å². The molecule has 4 heteroatoms. The molecule has 0 amide bonds. The van der Waals surface area contributed by atoms with Crippen LogP contribution < -0.4 is 0 Å². The van der Waals surface area contributed by atoms with Gasteiger partial charge in [-0.3, -0.25) is 0 Å². The average molecular weight is 149 g/mol. The quantitative estimate of drug-likeness (QED) is 0.302. The van der Waals surface area contributed by atoms with Gasteiger partial charge in [0.2, 0.25) is 0 Å². The topological polar surface area (TPSA) is 0 Å². The molecule has 0 radical (unpaired) electrons. The predicted octanol–water partition coefficient (Wildman–Crippen LogP) is -5.00. The molecule has 0 atom stereocenters. The molecule has 0 bridgehead atoms. The van der Waals surface area contributed by atoms with E-state index < -0.39 is 0 Å². The van der Waals surface area contributed by atoms with Gasteiger partial charge in [0.1, 0.15) is 0 Å². The van der Waals surface area contributed by atoms with Gasteiger partial charge in [0, 0.05) is 0 Å². The van der Waals surface area contributed by atoms with Gasteiger partial charge in [-0.1, -0.05) is 0 Å². The number of hydrogen-bond donors (Lipinski definition) is 0. The van der Waals surface area contributed by atoms with Crippen LogP contribution in [0.4, 0.5) is 0 Å². The van der Waals surface area contributed by atoms with E-state index in [1.54, 1.807) is 0 Å². The maximum absolute atomic E-state index is 0. The van der Waals surface area contributed by atoms with Crippen LogP contribution in [0, 0.1) is 0 Å². The second-order valence-electron chi connectivity index (χ2n) is 0. The molecule has 0 fully saturated rings. The first-order valence-electron chi connectivity index (χ1n) is 0. The van der Waals surface area contributed by atoms with Gasteiger partial charge >= 0.3 is 19.8 Å². The molecule has 0 aliphatic rings. The molecular weight excluding hydrogens is 136 g/mol. The van der Waals surface area contributed by atoms with Crippen LogP contribution >= 0.6 is 0 Å². The van der Waals surface area contributed by atoms with Crippen molar-refractivity contribution in [2.24, 2.45) is 0 Å². The summed E-state index contributed by atoms with van der Waals surface area (Å²) in [7, 11) is 0. The molecule has 0 aliphatic carbocycles. The molecule has 0 saturated carbocycles. The van der Waals surface area contributed by atoms with Crippen LogP contribution in [0.3, 0.4) is 0 Å². The second-order valence-corrected chi connectivity index (χ2v) is 0. The Morgan fingerprint density at radius 3 is 1.00 bits per heavy atom. The molecule has 0 nitrogen and oxygen atoms in total. The number of hydrogen-bond acceptors (Lipinski definition) is 0. The normalized spacial score (nSPS) is 0. The van der Waals surface area contributed by atoms with E-state index in [4.69, 9.17) is 0 Å². The van der Waals surface area contributed by atoms with Crippen LogP contribution in [0.2, 0.25) is 0 Å². The molecule has 0 rings (SSSR count). The Kier molecular flexibility index (Phi) is 323. The van der Waals surface area contributed by atoms with Crippen molar-refractivity contribution in [3.05, 3.63) is 0 Å². The van der Waals surface area contributed by atoms with Crippen molar-refractivity contribution in [3.63, 3.8) is 0 Å². The molecule has 0 aromatic rings. The molecule has 0 N–H and O–H groups in total. The van der Waals surface area contributed by atoms with E-state index in [0.29, 0.717) is 0 Å². The molecule has 26 valence electrons. The van der Waals surface area contributed by atoms with Crippen molar-refractivity contribution in [1.82, 2.24) is 0 Å². The first-order valence-corrected chi connectivity index (χ1v) is 0. The summed E-state index contributed by atoms with van der Waals surface area (Å²) >= 11 is 0. The standard InChI is InChI=1S/Al.BH3.Ga.H4Si.6H/h;1H3;;1H4;;;;;;. The molecule has 4 heavy (non-hydrogen) atoms. The first kappa shape index (κ1) is 51.3. The minimum Gasteiger partial charge on any atom is -0.0149 e. The Bertz CT molecular complexity index is 8.00. The zero-order valence-corrected chi connectivity index (χ0v) is 0. The van der Waals surface area contributed by atoms with Crippen LogP contribution in [0.25, 0.3) is 0 Å². The van der Waals surface area contributed by atoms with E-state index in [-0.39, 0.29) is 56.5 Å². The molecular formula is H13AlBGaSi. The Balaban J connectivity index is 0. The summed E-state index contributed by atoms with van der Waals surface area (Å²) in [5, 5.41) is 0. The fourth-order valence-corrected chi connectivity index (χ4v) is 0. The van der Waals surface area contributed by atoms with Crippen LogP contribution in [0.1, 0.15) is 0 Å². The van der Waals surface area contributed by atoms with Gasteiger partial charge in [-0.15, -0.1) is 0 Å². The van der Waals surface area contributed by atoms with Gasteiger partial charge in [0.05, 0.1) is 8.41 Å². The van der Waals surface area contributed by atoms with Crippen LogP contribution in [-0.2, 0) is 0 Å². The summed E-state index contributed by atoms with van der Waals surface area (Å²) in [5.74, 6) is 0. The van der Waals surface area contributed by atoms with E-state index in [1.807, 2.05) is 0 Å². The van der Waals surface area contributed by atoms with Crippen molar-refractivity contribution in [2.75, 3.05) is 0 Å². The molecule has 0 spiro atoms. The first-order chi connectivity index (χ1) is 0. The van der Waals surface area contributed by atoms with Crippen molar-refractivity contribution < 1.29 is 0 Å². The maximum atomic E-state index is 0. The van der Waals surface area contributed by atoms with Gasteiger partial charge in [-0.2, -0.15) is 0 Å². The average Bonchev–Trinajstić information content (AvgIpc) is 0. The Morgan fingerprint density at radius 2 is 1.00 bits per heavy atom. The summed E-state index contributed by atoms with van der Waals surface area (Å²) in [6.45, 7) is 0.